The standard InChI is InChI=1S/C16H25N3/c1-18(2)12-14-7-5-9-19(14)15-10-13-6-3-4-8-16(13)17-11-15/h3-4,6,8,14-15,17H,5,7,9-12H2,1-2H3. The van der Waals surface area contributed by atoms with Crippen molar-refractivity contribution in [1.29, 1.82) is 0 Å². The number of benzene rings is 1. The van der Waals surface area contributed by atoms with Gasteiger partial charge in [0.15, 0.2) is 0 Å². The fourth-order valence-corrected chi connectivity index (χ4v) is 3.62. The van der Waals surface area contributed by atoms with Crippen molar-refractivity contribution in [3.05, 3.63) is 29.8 Å². The lowest BCUT2D eigenvalue weighted by atomic mass is 9.98. The van der Waals surface area contributed by atoms with Crippen LogP contribution in [0.15, 0.2) is 24.3 Å². The maximum absolute atomic E-state index is 3.61. The first kappa shape index (κ1) is 12.9. The van der Waals surface area contributed by atoms with Gasteiger partial charge in [-0.3, -0.25) is 4.90 Å². The number of para-hydroxylation sites is 1. The van der Waals surface area contributed by atoms with Crippen LogP contribution in [0, 0.1) is 0 Å². The summed E-state index contributed by atoms with van der Waals surface area (Å²) in [4.78, 5) is 5.07. The Balaban J connectivity index is 1.70. The lowest BCUT2D eigenvalue weighted by Crippen LogP contribution is -2.49. The number of hydrogen-bond donors (Lipinski definition) is 1. The summed E-state index contributed by atoms with van der Waals surface area (Å²) < 4.78 is 0. The highest BCUT2D eigenvalue weighted by Gasteiger charge is 2.32. The summed E-state index contributed by atoms with van der Waals surface area (Å²) in [7, 11) is 4.37. The van der Waals surface area contributed by atoms with Gasteiger partial charge < -0.3 is 10.2 Å². The van der Waals surface area contributed by atoms with Crippen LogP contribution >= 0.6 is 0 Å². The third kappa shape index (κ3) is 2.77. The number of hydrogen-bond acceptors (Lipinski definition) is 3. The molecule has 1 saturated heterocycles. The van der Waals surface area contributed by atoms with Gasteiger partial charge >= 0.3 is 0 Å². The van der Waals surface area contributed by atoms with E-state index in [1.165, 1.54) is 43.6 Å². The molecule has 104 valence electrons. The number of likely N-dealkylation sites (tertiary alicyclic amines) is 1. The van der Waals surface area contributed by atoms with Crippen LogP contribution in [-0.2, 0) is 6.42 Å². The summed E-state index contributed by atoms with van der Waals surface area (Å²) in [5.74, 6) is 0. The van der Waals surface area contributed by atoms with E-state index in [-0.39, 0.29) is 0 Å². The van der Waals surface area contributed by atoms with Gasteiger partial charge in [-0.25, -0.2) is 0 Å². The van der Waals surface area contributed by atoms with Gasteiger partial charge in [0.2, 0.25) is 0 Å². The van der Waals surface area contributed by atoms with Crippen molar-refractivity contribution in [1.82, 2.24) is 9.80 Å². The molecule has 0 amide bonds. The van der Waals surface area contributed by atoms with Crippen LogP contribution in [0.4, 0.5) is 5.69 Å². The molecule has 1 aromatic carbocycles. The molecule has 2 aliphatic rings. The second-order valence-electron chi connectivity index (χ2n) is 6.19. The molecule has 1 N–H and O–H groups in total. The molecular weight excluding hydrogens is 234 g/mol. The zero-order valence-electron chi connectivity index (χ0n) is 12.1. The fraction of sp³-hybridized carbons (Fsp3) is 0.625. The summed E-state index contributed by atoms with van der Waals surface area (Å²) >= 11 is 0. The molecule has 0 radical (unpaired) electrons. The molecule has 1 aromatic rings. The van der Waals surface area contributed by atoms with E-state index in [2.05, 4.69) is 53.5 Å². The van der Waals surface area contributed by atoms with Crippen LogP contribution in [0.3, 0.4) is 0 Å². The van der Waals surface area contributed by atoms with Crippen molar-refractivity contribution >= 4 is 5.69 Å². The maximum Gasteiger partial charge on any atom is 0.0373 e. The van der Waals surface area contributed by atoms with E-state index in [0.29, 0.717) is 6.04 Å². The smallest absolute Gasteiger partial charge is 0.0373 e. The number of nitrogens with one attached hydrogen (secondary N) is 1. The summed E-state index contributed by atoms with van der Waals surface area (Å²) in [6.07, 6.45) is 3.92. The Morgan fingerprint density at radius 1 is 1.32 bits per heavy atom. The number of rotatable bonds is 3. The minimum atomic E-state index is 0.669. The van der Waals surface area contributed by atoms with Gasteiger partial charge in [-0.1, -0.05) is 18.2 Å². The van der Waals surface area contributed by atoms with E-state index in [9.17, 15) is 0 Å². The van der Waals surface area contributed by atoms with Crippen molar-refractivity contribution in [2.24, 2.45) is 0 Å². The van der Waals surface area contributed by atoms with Crippen LogP contribution in [0.2, 0.25) is 0 Å². The average Bonchev–Trinajstić information content (AvgIpc) is 2.85. The molecular formula is C16H25N3. The zero-order valence-corrected chi connectivity index (χ0v) is 12.1. The predicted molar refractivity (Wildman–Crippen MR) is 80.7 cm³/mol. The third-order valence-corrected chi connectivity index (χ3v) is 4.47. The van der Waals surface area contributed by atoms with Gasteiger partial charge in [0.25, 0.3) is 0 Å². The molecule has 2 unspecified atom stereocenters. The van der Waals surface area contributed by atoms with Crippen molar-refractivity contribution in [3.8, 4) is 0 Å². The first-order valence-corrected chi connectivity index (χ1v) is 7.46. The van der Waals surface area contributed by atoms with Crippen LogP contribution in [0.1, 0.15) is 18.4 Å². The van der Waals surface area contributed by atoms with Gasteiger partial charge in [0.1, 0.15) is 0 Å². The number of nitrogens with zero attached hydrogens (tertiary/aromatic N) is 2. The summed E-state index contributed by atoms with van der Waals surface area (Å²) in [6, 6.07) is 10.2. The molecule has 1 fully saturated rings. The molecule has 3 nitrogen and oxygen atoms in total. The molecule has 2 aliphatic heterocycles. The van der Waals surface area contributed by atoms with Gasteiger partial charge in [-0.05, 0) is 51.5 Å². The highest BCUT2D eigenvalue weighted by Crippen LogP contribution is 2.28. The third-order valence-electron chi connectivity index (χ3n) is 4.47. The molecule has 2 heterocycles. The minimum absolute atomic E-state index is 0.669. The number of anilines is 1. The van der Waals surface area contributed by atoms with Crippen LogP contribution in [-0.4, -0.2) is 55.6 Å². The number of likely N-dealkylation sites (N-methyl/N-ethyl adjacent to an activating group) is 1. The first-order chi connectivity index (χ1) is 9.24. The molecule has 0 saturated carbocycles. The summed E-state index contributed by atoms with van der Waals surface area (Å²) in [5, 5.41) is 3.61. The Kier molecular flexibility index (Phi) is 3.76. The monoisotopic (exact) mass is 259 g/mol. The SMILES string of the molecule is CN(C)CC1CCCN1C1CNc2ccccc2C1. The Labute approximate surface area is 116 Å². The van der Waals surface area contributed by atoms with E-state index in [1.54, 1.807) is 0 Å². The highest BCUT2D eigenvalue weighted by molar-refractivity contribution is 5.53. The largest absolute Gasteiger partial charge is 0.383 e. The Morgan fingerprint density at radius 3 is 3.00 bits per heavy atom. The van der Waals surface area contributed by atoms with Crippen LogP contribution < -0.4 is 5.32 Å². The van der Waals surface area contributed by atoms with Crippen molar-refractivity contribution in [2.75, 3.05) is 39.0 Å². The Hall–Kier alpha value is -1.06. The summed E-state index contributed by atoms with van der Waals surface area (Å²) in [5.41, 5.74) is 2.82. The number of fused-ring (bicyclic) bond motifs is 1. The highest BCUT2D eigenvalue weighted by atomic mass is 15.3. The normalized spacial score (nSPS) is 27.3. The summed E-state index contributed by atoms with van der Waals surface area (Å²) in [6.45, 7) is 3.56. The zero-order chi connectivity index (χ0) is 13.2. The maximum atomic E-state index is 3.61. The predicted octanol–water partition coefficient (Wildman–Crippen LogP) is 2.05. The van der Waals surface area contributed by atoms with Gasteiger partial charge in [-0.2, -0.15) is 0 Å². The lowest BCUT2D eigenvalue weighted by molar-refractivity contribution is 0.155. The molecule has 0 spiro atoms. The molecule has 0 aromatic heterocycles. The molecule has 19 heavy (non-hydrogen) atoms. The van der Waals surface area contributed by atoms with Crippen molar-refractivity contribution in [3.63, 3.8) is 0 Å². The second-order valence-corrected chi connectivity index (χ2v) is 6.19. The first-order valence-electron chi connectivity index (χ1n) is 7.46. The Bertz CT molecular complexity index is 430. The van der Waals surface area contributed by atoms with E-state index in [4.69, 9.17) is 0 Å². The average molecular weight is 259 g/mol. The minimum Gasteiger partial charge on any atom is -0.383 e. The van der Waals surface area contributed by atoms with Gasteiger partial charge in [0, 0.05) is 30.9 Å². The Morgan fingerprint density at radius 2 is 2.16 bits per heavy atom. The van der Waals surface area contributed by atoms with Gasteiger partial charge in [0.05, 0.1) is 0 Å². The van der Waals surface area contributed by atoms with E-state index in [1.807, 2.05) is 0 Å². The molecule has 3 rings (SSSR count). The molecule has 0 aliphatic carbocycles. The lowest BCUT2D eigenvalue weighted by Gasteiger charge is -2.37. The quantitative estimate of drug-likeness (QED) is 0.896. The van der Waals surface area contributed by atoms with Crippen molar-refractivity contribution in [2.45, 2.75) is 31.3 Å². The van der Waals surface area contributed by atoms with E-state index >= 15 is 0 Å². The molecule has 3 heteroatoms. The van der Waals surface area contributed by atoms with E-state index in [0.717, 1.165) is 12.6 Å². The van der Waals surface area contributed by atoms with E-state index < -0.39 is 0 Å². The topological polar surface area (TPSA) is 18.5 Å². The second kappa shape index (κ2) is 5.51. The van der Waals surface area contributed by atoms with Crippen molar-refractivity contribution < 1.29 is 0 Å². The van der Waals surface area contributed by atoms with Crippen LogP contribution in [0.5, 0.6) is 0 Å². The fourth-order valence-electron chi connectivity index (χ4n) is 3.62. The van der Waals surface area contributed by atoms with Gasteiger partial charge in [-0.15, -0.1) is 0 Å². The van der Waals surface area contributed by atoms with Crippen LogP contribution in [0.25, 0.3) is 0 Å². The molecule has 0 bridgehead atoms. The molecule has 2 atom stereocenters.